The number of phenols is 1. The summed E-state index contributed by atoms with van der Waals surface area (Å²) in [6.07, 6.45) is 1.01. The third-order valence-corrected chi connectivity index (χ3v) is 2.98. The first-order chi connectivity index (χ1) is 10.9. The second-order valence-electron chi connectivity index (χ2n) is 4.33. The predicted molar refractivity (Wildman–Crippen MR) is 81.2 cm³/mol. The summed E-state index contributed by atoms with van der Waals surface area (Å²) in [6, 6.07) is 7.00. The van der Waals surface area contributed by atoms with E-state index in [9.17, 15) is 24.4 Å². The van der Waals surface area contributed by atoms with Crippen molar-refractivity contribution in [2.45, 2.75) is 0 Å². The van der Waals surface area contributed by atoms with Crippen LogP contribution in [0.5, 0.6) is 5.75 Å². The number of carbonyl (C=O) groups excluding carboxylic acids is 1. The number of nitrogens with zero attached hydrogens (tertiary/aromatic N) is 2. The molecule has 118 valence electrons. The first kappa shape index (κ1) is 16.4. The van der Waals surface area contributed by atoms with E-state index in [0.717, 1.165) is 24.4 Å². The Balaban J connectivity index is 2.16. The standard InChI is InChI=1S/C14H9ClFN3O4/c15-10-5-9(13(20)12(6-10)19(22)23)7-17-18-14(21)8-1-3-11(16)4-2-8/h1-7,20H,(H,18,21). The number of hydrogen-bond donors (Lipinski definition) is 2. The van der Waals surface area contributed by atoms with Gasteiger partial charge in [-0.05, 0) is 30.3 Å². The van der Waals surface area contributed by atoms with Gasteiger partial charge < -0.3 is 5.11 Å². The molecule has 0 aliphatic heterocycles. The molecule has 0 saturated heterocycles. The fraction of sp³-hybridized carbons (Fsp3) is 0. The summed E-state index contributed by atoms with van der Waals surface area (Å²) in [5.74, 6) is -1.72. The highest BCUT2D eigenvalue weighted by Crippen LogP contribution is 2.32. The van der Waals surface area contributed by atoms with E-state index in [1.807, 2.05) is 0 Å². The molecule has 0 radical (unpaired) electrons. The van der Waals surface area contributed by atoms with Gasteiger partial charge in [0, 0.05) is 22.2 Å². The van der Waals surface area contributed by atoms with Crippen LogP contribution >= 0.6 is 11.6 Å². The van der Waals surface area contributed by atoms with E-state index in [4.69, 9.17) is 11.6 Å². The molecule has 2 aromatic carbocycles. The van der Waals surface area contributed by atoms with Crippen molar-refractivity contribution in [3.8, 4) is 5.75 Å². The Morgan fingerprint density at radius 2 is 2.00 bits per heavy atom. The molecule has 0 fully saturated rings. The number of nitrogens with one attached hydrogen (secondary N) is 1. The van der Waals surface area contributed by atoms with Gasteiger partial charge in [0.2, 0.25) is 5.75 Å². The molecule has 9 heteroatoms. The number of hydrogen-bond acceptors (Lipinski definition) is 5. The monoisotopic (exact) mass is 337 g/mol. The molecule has 0 aromatic heterocycles. The van der Waals surface area contributed by atoms with E-state index >= 15 is 0 Å². The van der Waals surface area contributed by atoms with E-state index in [0.29, 0.717) is 0 Å². The number of phenolic OH excluding ortho intramolecular Hbond substituents is 1. The zero-order chi connectivity index (χ0) is 17.0. The highest BCUT2D eigenvalue weighted by molar-refractivity contribution is 6.31. The summed E-state index contributed by atoms with van der Waals surface area (Å²) in [7, 11) is 0. The summed E-state index contributed by atoms with van der Waals surface area (Å²) in [4.78, 5) is 21.7. The lowest BCUT2D eigenvalue weighted by molar-refractivity contribution is -0.385. The van der Waals surface area contributed by atoms with Gasteiger partial charge >= 0.3 is 5.69 Å². The summed E-state index contributed by atoms with van der Waals surface area (Å²) in [6.45, 7) is 0. The van der Waals surface area contributed by atoms with Gasteiger partial charge in [-0.1, -0.05) is 11.6 Å². The first-order valence-electron chi connectivity index (χ1n) is 6.14. The SMILES string of the molecule is O=C(NN=Cc1cc(Cl)cc([N+](=O)[O-])c1O)c1ccc(F)cc1. The average molecular weight is 338 g/mol. The molecular weight excluding hydrogens is 329 g/mol. The second kappa shape index (κ2) is 6.84. The maximum Gasteiger partial charge on any atom is 0.312 e. The lowest BCUT2D eigenvalue weighted by atomic mass is 10.2. The van der Waals surface area contributed by atoms with Crippen molar-refractivity contribution in [2.75, 3.05) is 0 Å². The Kier molecular flexibility index (Phi) is 4.87. The highest BCUT2D eigenvalue weighted by atomic mass is 35.5. The number of carbonyl (C=O) groups is 1. The third-order valence-electron chi connectivity index (χ3n) is 2.76. The topological polar surface area (TPSA) is 105 Å². The second-order valence-corrected chi connectivity index (χ2v) is 4.76. The molecule has 0 saturated carbocycles. The molecular formula is C14H9ClFN3O4. The number of halogens is 2. The Hall–Kier alpha value is -3.00. The summed E-state index contributed by atoms with van der Waals surface area (Å²) < 4.78 is 12.8. The van der Waals surface area contributed by atoms with Gasteiger partial charge in [0.1, 0.15) is 5.82 Å². The highest BCUT2D eigenvalue weighted by Gasteiger charge is 2.17. The van der Waals surface area contributed by atoms with Crippen molar-refractivity contribution in [1.29, 1.82) is 0 Å². The Morgan fingerprint density at radius 1 is 1.35 bits per heavy atom. The van der Waals surface area contributed by atoms with Crippen LogP contribution in [0.4, 0.5) is 10.1 Å². The largest absolute Gasteiger partial charge is 0.502 e. The van der Waals surface area contributed by atoms with Crippen LogP contribution in [0.1, 0.15) is 15.9 Å². The van der Waals surface area contributed by atoms with E-state index in [-0.39, 0.29) is 16.1 Å². The van der Waals surface area contributed by atoms with Crippen LogP contribution in [0.25, 0.3) is 0 Å². The van der Waals surface area contributed by atoms with Gasteiger partial charge in [0.25, 0.3) is 5.91 Å². The maximum atomic E-state index is 12.8. The van der Waals surface area contributed by atoms with Gasteiger partial charge in [-0.2, -0.15) is 5.10 Å². The number of nitro groups is 1. The van der Waals surface area contributed by atoms with Crippen LogP contribution in [0, 0.1) is 15.9 Å². The lowest BCUT2D eigenvalue weighted by Crippen LogP contribution is -2.17. The van der Waals surface area contributed by atoms with Crippen molar-refractivity contribution >= 4 is 29.4 Å². The van der Waals surface area contributed by atoms with Crippen molar-refractivity contribution in [3.05, 3.63) is 68.5 Å². The van der Waals surface area contributed by atoms with Crippen molar-refractivity contribution in [2.24, 2.45) is 5.10 Å². The molecule has 23 heavy (non-hydrogen) atoms. The fourth-order valence-electron chi connectivity index (χ4n) is 1.67. The normalized spacial score (nSPS) is 10.7. The third kappa shape index (κ3) is 4.01. The first-order valence-corrected chi connectivity index (χ1v) is 6.52. The van der Waals surface area contributed by atoms with E-state index < -0.39 is 28.1 Å². The quantitative estimate of drug-likeness (QED) is 0.508. The zero-order valence-corrected chi connectivity index (χ0v) is 12.1. The van der Waals surface area contributed by atoms with Crippen LogP contribution in [-0.4, -0.2) is 22.2 Å². The van der Waals surface area contributed by atoms with Crippen molar-refractivity contribution in [1.82, 2.24) is 5.43 Å². The van der Waals surface area contributed by atoms with Gasteiger partial charge in [-0.3, -0.25) is 14.9 Å². The molecule has 1 amide bonds. The summed E-state index contributed by atoms with van der Waals surface area (Å²) in [5, 5.41) is 24.1. The van der Waals surface area contributed by atoms with Crippen molar-refractivity contribution in [3.63, 3.8) is 0 Å². The number of amides is 1. The number of benzene rings is 2. The number of nitro benzene ring substituents is 1. The van der Waals surface area contributed by atoms with Crippen LogP contribution in [0.15, 0.2) is 41.5 Å². The fourth-order valence-corrected chi connectivity index (χ4v) is 1.89. The van der Waals surface area contributed by atoms with Crippen LogP contribution < -0.4 is 5.43 Å². The molecule has 0 spiro atoms. The van der Waals surface area contributed by atoms with Crippen LogP contribution in [0.3, 0.4) is 0 Å². The molecule has 0 aliphatic rings. The zero-order valence-electron chi connectivity index (χ0n) is 11.4. The molecule has 0 unspecified atom stereocenters. The number of aromatic hydroxyl groups is 1. The molecule has 0 atom stereocenters. The maximum absolute atomic E-state index is 12.8. The van der Waals surface area contributed by atoms with Gasteiger partial charge in [-0.25, -0.2) is 9.82 Å². The summed E-state index contributed by atoms with van der Waals surface area (Å²) >= 11 is 5.72. The molecule has 2 aromatic rings. The minimum Gasteiger partial charge on any atom is -0.502 e. The van der Waals surface area contributed by atoms with E-state index in [1.165, 1.54) is 18.2 Å². The molecule has 0 heterocycles. The van der Waals surface area contributed by atoms with Crippen LogP contribution in [-0.2, 0) is 0 Å². The average Bonchev–Trinajstić information content (AvgIpc) is 2.50. The predicted octanol–water partition coefficient (Wildman–Crippen LogP) is 2.86. The molecule has 2 N–H and O–H groups in total. The Bertz CT molecular complexity index is 793. The molecule has 2 rings (SSSR count). The Labute approximate surface area is 134 Å². The lowest BCUT2D eigenvalue weighted by Gasteiger charge is -2.02. The molecule has 0 aliphatic carbocycles. The van der Waals surface area contributed by atoms with Gasteiger partial charge in [-0.15, -0.1) is 0 Å². The van der Waals surface area contributed by atoms with E-state index in [1.54, 1.807) is 0 Å². The minimum absolute atomic E-state index is 0.0285. The number of hydrazone groups is 1. The van der Waals surface area contributed by atoms with Gasteiger partial charge in [0.05, 0.1) is 11.1 Å². The van der Waals surface area contributed by atoms with Gasteiger partial charge in [0.15, 0.2) is 0 Å². The van der Waals surface area contributed by atoms with Crippen molar-refractivity contribution < 1.29 is 19.2 Å². The summed E-state index contributed by atoms with van der Waals surface area (Å²) in [5.41, 5.74) is 1.70. The number of rotatable bonds is 4. The smallest absolute Gasteiger partial charge is 0.312 e. The van der Waals surface area contributed by atoms with E-state index in [2.05, 4.69) is 10.5 Å². The Morgan fingerprint density at radius 3 is 2.61 bits per heavy atom. The van der Waals surface area contributed by atoms with Crippen LogP contribution in [0.2, 0.25) is 5.02 Å². The molecule has 0 bridgehead atoms. The molecule has 7 nitrogen and oxygen atoms in total. The minimum atomic E-state index is -0.796.